The lowest BCUT2D eigenvalue weighted by molar-refractivity contribution is -0.115. The Bertz CT molecular complexity index is 1230. The number of nitrogens with one attached hydrogen (secondary N) is 1. The van der Waals surface area contributed by atoms with Crippen molar-refractivity contribution in [3.8, 4) is 17.1 Å². The normalized spacial score (nSPS) is 12.0. The number of nitrogens with zero attached hydrogens (tertiary/aromatic N) is 3. The standard InChI is InChI=1S/C22H18ClFN4O2S/c1-13-17(10-11-30-13)20-26-27-22(28(20)16-6-4-3-5-7-16)31-14(2)21(29)25-19-9-8-15(23)12-18(19)24/h3-12,14H,1-2H3,(H,25,29)/t14-/m0/s1. The second-order valence-corrected chi connectivity index (χ2v) is 8.49. The molecule has 4 aromatic rings. The zero-order valence-electron chi connectivity index (χ0n) is 16.7. The van der Waals surface area contributed by atoms with Gasteiger partial charge in [-0.05, 0) is 50.2 Å². The van der Waals surface area contributed by atoms with Gasteiger partial charge < -0.3 is 9.73 Å². The van der Waals surface area contributed by atoms with Crippen LogP contribution in [0.15, 0.2) is 70.4 Å². The predicted octanol–water partition coefficient (Wildman–Crippen LogP) is 5.75. The number of aryl methyl sites for hydroxylation is 1. The van der Waals surface area contributed by atoms with Gasteiger partial charge in [-0.1, -0.05) is 41.6 Å². The number of para-hydroxylation sites is 1. The molecule has 2 aromatic carbocycles. The van der Waals surface area contributed by atoms with Crippen molar-refractivity contribution in [3.05, 3.63) is 77.5 Å². The van der Waals surface area contributed by atoms with Gasteiger partial charge in [-0.15, -0.1) is 10.2 Å². The molecule has 0 unspecified atom stereocenters. The minimum atomic E-state index is -0.594. The molecule has 1 amide bonds. The van der Waals surface area contributed by atoms with Crippen LogP contribution in [0.1, 0.15) is 12.7 Å². The van der Waals surface area contributed by atoms with Gasteiger partial charge in [0.15, 0.2) is 11.0 Å². The van der Waals surface area contributed by atoms with Crippen LogP contribution in [-0.4, -0.2) is 25.9 Å². The number of thioether (sulfide) groups is 1. The molecular weight excluding hydrogens is 439 g/mol. The Balaban J connectivity index is 1.63. The maximum atomic E-state index is 14.0. The first kappa shape index (κ1) is 21.1. The zero-order valence-corrected chi connectivity index (χ0v) is 18.2. The average Bonchev–Trinajstić information content (AvgIpc) is 3.36. The molecule has 4 rings (SSSR count). The molecular formula is C22H18ClFN4O2S. The largest absolute Gasteiger partial charge is 0.469 e. The van der Waals surface area contributed by atoms with E-state index in [2.05, 4.69) is 15.5 Å². The van der Waals surface area contributed by atoms with E-state index >= 15 is 0 Å². The van der Waals surface area contributed by atoms with Crippen LogP contribution in [0, 0.1) is 12.7 Å². The molecule has 9 heteroatoms. The van der Waals surface area contributed by atoms with E-state index in [4.69, 9.17) is 16.0 Å². The number of aromatic nitrogens is 3. The summed E-state index contributed by atoms with van der Waals surface area (Å²) in [7, 11) is 0. The van der Waals surface area contributed by atoms with Crippen molar-refractivity contribution >= 4 is 35.0 Å². The van der Waals surface area contributed by atoms with Gasteiger partial charge in [-0.2, -0.15) is 0 Å². The Morgan fingerprint density at radius 2 is 1.97 bits per heavy atom. The maximum absolute atomic E-state index is 14.0. The van der Waals surface area contributed by atoms with E-state index in [1.54, 1.807) is 13.2 Å². The Morgan fingerprint density at radius 1 is 1.19 bits per heavy atom. The van der Waals surface area contributed by atoms with Crippen molar-refractivity contribution in [2.45, 2.75) is 24.3 Å². The van der Waals surface area contributed by atoms with E-state index in [9.17, 15) is 9.18 Å². The van der Waals surface area contributed by atoms with Crippen LogP contribution in [0.2, 0.25) is 5.02 Å². The van der Waals surface area contributed by atoms with Crippen molar-refractivity contribution in [2.24, 2.45) is 0 Å². The van der Waals surface area contributed by atoms with E-state index in [-0.39, 0.29) is 16.6 Å². The number of carbonyl (C=O) groups is 1. The van der Waals surface area contributed by atoms with E-state index in [1.165, 1.54) is 23.9 Å². The molecule has 0 aliphatic heterocycles. The van der Waals surface area contributed by atoms with Crippen molar-refractivity contribution in [2.75, 3.05) is 5.32 Å². The molecule has 0 fully saturated rings. The zero-order chi connectivity index (χ0) is 22.0. The van der Waals surface area contributed by atoms with E-state index < -0.39 is 11.1 Å². The number of halogens is 2. The number of amides is 1. The Morgan fingerprint density at radius 3 is 2.65 bits per heavy atom. The van der Waals surface area contributed by atoms with Crippen molar-refractivity contribution < 1.29 is 13.6 Å². The Hall–Kier alpha value is -3.10. The highest BCUT2D eigenvalue weighted by Crippen LogP contribution is 2.32. The van der Waals surface area contributed by atoms with Crippen LogP contribution < -0.4 is 5.32 Å². The minimum absolute atomic E-state index is 0.0705. The van der Waals surface area contributed by atoms with E-state index in [1.807, 2.05) is 47.9 Å². The van der Waals surface area contributed by atoms with Crippen LogP contribution in [0.5, 0.6) is 0 Å². The second-order valence-electron chi connectivity index (χ2n) is 6.74. The molecule has 0 aliphatic rings. The van der Waals surface area contributed by atoms with Crippen LogP contribution >= 0.6 is 23.4 Å². The van der Waals surface area contributed by atoms with Gasteiger partial charge in [-0.25, -0.2) is 4.39 Å². The van der Waals surface area contributed by atoms with Gasteiger partial charge in [0.05, 0.1) is 22.8 Å². The number of furan rings is 1. The number of anilines is 1. The number of rotatable bonds is 6. The van der Waals surface area contributed by atoms with Crippen LogP contribution in [0.4, 0.5) is 10.1 Å². The molecule has 0 radical (unpaired) electrons. The third kappa shape index (κ3) is 4.50. The molecule has 2 heterocycles. The van der Waals surface area contributed by atoms with Gasteiger partial charge in [0.25, 0.3) is 0 Å². The summed E-state index contributed by atoms with van der Waals surface area (Å²) in [6.07, 6.45) is 1.60. The summed E-state index contributed by atoms with van der Waals surface area (Å²) in [5.41, 5.74) is 1.73. The van der Waals surface area contributed by atoms with Crippen LogP contribution in [0.3, 0.4) is 0 Å². The summed E-state index contributed by atoms with van der Waals surface area (Å²) in [4.78, 5) is 12.7. The summed E-state index contributed by atoms with van der Waals surface area (Å²) >= 11 is 7.00. The fraction of sp³-hybridized carbons (Fsp3) is 0.136. The van der Waals surface area contributed by atoms with Crippen molar-refractivity contribution in [1.29, 1.82) is 0 Å². The highest BCUT2D eigenvalue weighted by molar-refractivity contribution is 8.00. The molecule has 2 aromatic heterocycles. The minimum Gasteiger partial charge on any atom is -0.469 e. The third-order valence-corrected chi connectivity index (χ3v) is 5.87. The summed E-state index contributed by atoms with van der Waals surface area (Å²) < 4.78 is 21.3. The number of carbonyl (C=O) groups excluding carboxylic acids is 1. The first-order valence-corrected chi connectivity index (χ1v) is 10.7. The smallest absolute Gasteiger partial charge is 0.237 e. The second kappa shape index (κ2) is 8.95. The van der Waals surface area contributed by atoms with Crippen molar-refractivity contribution in [1.82, 2.24) is 14.8 Å². The Labute approximate surface area is 187 Å². The summed E-state index contributed by atoms with van der Waals surface area (Å²) in [6.45, 7) is 3.57. The van der Waals surface area contributed by atoms with Gasteiger partial charge in [0.2, 0.25) is 5.91 Å². The van der Waals surface area contributed by atoms with Crippen molar-refractivity contribution in [3.63, 3.8) is 0 Å². The summed E-state index contributed by atoms with van der Waals surface area (Å²) in [5, 5.41) is 11.5. The quantitative estimate of drug-likeness (QED) is 0.374. The predicted molar refractivity (Wildman–Crippen MR) is 119 cm³/mol. The van der Waals surface area contributed by atoms with E-state index in [0.29, 0.717) is 16.7 Å². The molecule has 1 N–H and O–H groups in total. The molecule has 0 spiro atoms. The first-order chi connectivity index (χ1) is 14.9. The van der Waals surface area contributed by atoms with Gasteiger partial charge >= 0.3 is 0 Å². The SMILES string of the molecule is Cc1occc1-c1nnc(S[C@@H](C)C(=O)Nc2ccc(Cl)cc2F)n1-c1ccccc1. The Kier molecular flexibility index (Phi) is 6.11. The fourth-order valence-corrected chi connectivity index (χ4v) is 4.01. The maximum Gasteiger partial charge on any atom is 0.237 e. The molecule has 0 bridgehead atoms. The fourth-order valence-electron chi connectivity index (χ4n) is 2.98. The molecule has 0 saturated carbocycles. The first-order valence-electron chi connectivity index (χ1n) is 9.42. The third-order valence-electron chi connectivity index (χ3n) is 4.59. The molecule has 6 nitrogen and oxygen atoms in total. The molecule has 31 heavy (non-hydrogen) atoms. The summed E-state index contributed by atoms with van der Waals surface area (Å²) in [5.74, 6) is 0.361. The number of hydrogen-bond donors (Lipinski definition) is 1. The molecule has 1 atom stereocenters. The number of hydrogen-bond acceptors (Lipinski definition) is 5. The van der Waals surface area contributed by atoms with Crippen LogP contribution in [-0.2, 0) is 4.79 Å². The lowest BCUT2D eigenvalue weighted by atomic mass is 10.2. The topological polar surface area (TPSA) is 72.9 Å². The van der Waals surface area contributed by atoms with Gasteiger partial charge in [-0.3, -0.25) is 9.36 Å². The van der Waals surface area contributed by atoms with E-state index in [0.717, 1.165) is 17.3 Å². The monoisotopic (exact) mass is 456 g/mol. The molecule has 0 saturated heterocycles. The summed E-state index contributed by atoms with van der Waals surface area (Å²) in [6, 6.07) is 15.5. The highest BCUT2D eigenvalue weighted by Gasteiger charge is 2.23. The van der Waals surface area contributed by atoms with Gasteiger partial charge in [0.1, 0.15) is 11.6 Å². The number of benzene rings is 2. The molecule has 0 aliphatic carbocycles. The van der Waals surface area contributed by atoms with Crippen LogP contribution in [0.25, 0.3) is 17.1 Å². The van der Waals surface area contributed by atoms with Gasteiger partial charge in [0, 0.05) is 10.7 Å². The highest BCUT2D eigenvalue weighted by atomic mass is 35.5. The molecule has 158 valence electrons. The lowest BCUT2D eigenvalue weighted by Gasteiger charge is -2.14. The average molecular weight is 457 g/mol. The lowest BCUT2D eigenvalue weighted by Crippen LogP contribution is -2.23.